The monoisotopic (exact) mass is 1230 g/mol. The average molecular weight is 1230 g/mol. The number of rotatable bonds is 13. The first kappa shape index (κ1) is 59.7. The van der Waals surface area contributed by atoms with E-state index in [1.165, 1.54) is 145 Å². The first-order valence-electron chi connectivity index (χ1n) is 33.8. The Balaban J connectivity index is 0.801. The van der Waals surface area contributed by atoms with Gasteiger partial charge in [-0.2, -0.15) is 0 Å². The van der Waals surface area contributed by atoms with Gasteiger partial charge >= 0.3 is 0 Å². The number of benzene rings is 14. The van der Waals surface area contributed by atoms with Crippen LogP contribution in [-0.4, -0.2) is 0 Å². The van der Waals surface area contributed by atoms with Gasteiger partial charge in [-0.05, 0) is 234 Å². The van der Waals surface area contributed by atoms with E-state index >= 15 is 0 Å². The van der Waals surface area contributed by atoms with Crippen LogP contribution in [0.2, 0.25) is 0 Å². The van der Waals surface area contributed by atoms with Crippen molar-refractivity contribution in [2.75, 3.05) is 9.80 Å². The molecule has 0 unspecified atom stereocenters. The van der Waals surface area contributed by atoms with E-state index in [0.29, 0.717) is 0 Å². The molecular formula is C94H76N2. The molecule has 0 amide bonds. The number of hydrogen-bond acceptors (Lipinski definition) is 2. The summed E-state index contributed by atoms with van der Waals surface area (Å²) in [5, 5.41) is 0. The Bertz CT molecular complexity index is 4990. The molecule has 16 rings (SSSR count). The summed E-state index contributed by atoms with van der Waals surface area (Å²) in [6, 6.07) is 118. The van der Waals surface area contributed by atoms with E-state index < -0.39 is 0 Å². The van der Waals surface area contributed by atoms with E-state index in [2.05, 4.69) is 381 Å². The van der Waals surface area contributed by atoms with Crippen molar-refractivity contribution in [1.82, 2.24) is 0 Å². The fourth-order valence-electron chi connectivity index (χ4n) is 15.7. The minimum atomic E-state index is -0.138. The molecule has 2 heteroatoms. The van der Waals surface area contributed by atoms with Gasteiger partial charge in [-0.15, -0.1) is 0 Å². The summed E-state index contributed by atoms with van der Waals surface area (Å²) in [6.07, 6.45) is 0. The molecule has 2 nitrogen and oxygen atoms in total. The van der Waals surface area contributed by atoms with E-state index in [-0.39, 0.29) is 10.8 Å². The van der Waals surface area contributed by atoms with Crippen LogP contribution >= 0.6 is 0 Å². The number of para-hydroxylation sites is 2. The summed E-state index contributed by atoms with van der Waals surface area (Å²) in [4.78, 5) is 5.03. The Morgan fingerprint density at radius 2 is 0.490 bits per heavy atom. The highest BCUT2D eigenvalue weighted by Gasteiger charge is 2.37. The van der Waals surface area contributed by atoms with Crippen LogP contribution in [0.5, 0.6) is 0 Å². The molecule has 0 saturated heterocycles. The van der Waals surface area contributed by atoms with Crippen molar-refractivity contribution in [1.29, 1.82) is 0 Å². The molecule has 0 aromatic heterocycles. The maximum atomic E-state index is 2.51. The van der Waals surface area contributed by atoms with Crippen LogP contribution in [0.25, 0.3) is 100 Å². The molecule has 0 spiro atoms. The lowest BCUT2D eigenvalue weighted by atomic mass is 9.81. The van der Waals surface area contributed by atoms with Gasteiger partial charge in [0.15, 0.2) is 0 Å². The molecule has 0 bridgehead atoms. The van der Waals surface area contributed by atoms with Crippen molar-refractivity contribution in [3.05, 3.63) is 360 Å². The van der Waals surface area contributed by atoms with Gasteiger partial charge in [-0.1, -0.05) is 270 Å². The highest BCUT2D eigenvalue weighted by Crippen LogP contribution is 2.54. The Kier molecular flexibility index (Phi) is 14.9. The lowest BCUT2D eigenvalue weighted by Crippen LogP contribution is -2.16. The van der Waals surface area contributed by atoms with Crippen LogP contribution < -0.4 is 9.80 Å². The molecule has 0 heterocycles. The Labute approximate surface area is 566 Å². The van der Waals surface area contributed by atoms with Crippen LogP contribution in [0.4, 0.5) is 34.1 Å². The van der Waals surface area contributed by atoms with E-state index in [0.717, 1.165) is 33.9 Å². The maximum absolute atomic E-state index is 2.51. The number of hydrogen-bond donors (Lipinski definition) is 0. The fraction of sp³-hybridized carbons (Fsp3) is 0.106. The van der Waals surface area contributed by atoms with Gasteiger partial charge < -0.3 is 9.80 Å². The number of anilines is 6. The molecule has 462 valence electrons. The van der Waals surface area contributed by atoms with Crippen LogP contribution in [0.15, 0.2) is 315 Å². The molecule has 0 aliphatic heterocycles. The van der Waals surface area contributed by atoms with Gasteiger partial charge in [0.1, 0.15) is 0 Å². The minimum Gasteiger partial charge on any atom is -0.309 e. The number of nitrogens with zero attached hydrogens (tertiary/aromatic N) is 2. The Morgan fingerprint density at radius 1 is 0.198 bits per heavy atom. The molecule has 0 atom stereocenters. The lowest BCUT2D eigenvalue weighted by Gasteiger charge is -2.32. The van der Waals surface area contributed by atoms with Crippen molar-refractivity contribution in [2.24, 2.45) is 0 Å². The third-order valence-corrected chi connectivity index (χ3v) is 20.8. The second kappa shape index (κ2) is 23.9. The molecule has 0 N–H and O–H groups in total. The van der Waals surface area contributed by atoms with E-state index in [4.69, 9.17) is 0 Å². The summed E-state index contributed by atoms with van der Waals surface area (Å²) < 4.78 is 0. The van der Waals surface area contributed by atoms with Crippen molar-refractivity contribution < 1.29 is 0 Å². The quantitative estimate of drug-likeness (QED) is 0.114. The zero-order chi connectivity index (χ0) is 65.4. The Hall–Kier alpha value is -11.3. The van der Waals surface area contributed by atoms with Gasteiger partial charge in [0.05, 0.1) is 11.4 Å². The highest BCUT2D eigenvalue weighted by molar-refractivity contribution is 5.96. The largest absolute Gasteiger partial charge is 0.309 e. The number of fused-ring (bicyclic) bond motifs is 6. The number of aryl methyl sites for hydroxylation is 4. The van der Waals surface area contributed by atoms with E-state index in [1.54, 1.807) is 0 Å². The molecule has 0 fully saturated rings. The van der Waals surface area contributed by atoms with Crippen molar-refractivity contribution in [3.8, 4) is 100 Å². The van der Waals surface area contributed by atoms with Gasteiger partial charge in [-0.3, -0.25) is 0 Å². The molecule has 0 radical (unpaired) electrons. The van der Waals surface area contributed by atoms with Gasteiger partial charge in [0.2, 0.25) is 0 Å². The minimum absolute atomic E-state index is 0.138. The second-order valence-corrected chi connectivity index (χ2v) is 27.5. The smallest absolute Gasteiger partial charge is 0.0569 e. The zero-order valence-electron chi connectivity index (χ0n) is 55.9. The van der Waals surface area contributed by atoms with Crippen LogP contribution in [0.3, 0.4) is 0 Å². The molecular weight excluding hydrogens is 1160 g/mol. The van der Waals surface area contributed by atoms with Gasteiger partial charge in [0, 0.05) is 44.7 Å². The maximum Gasteiger partial charge on any atom is 0.0569 e. The molecule has 2 aliphatic rings. The summed E-state index contributed by atoms with van der Waals surface area (Å²) in [5.41, 5.74) is 38.7. The normalized spacial score (nSPS) is 13.0. The lowest BCUT2D eigenvalue weighted by molar-refractivity contribution is 0.660. The summed E-state index contributed by atoms with van der Waals surface area (Å²) in [7, 11) is 0. The summed E-state index contributed by atoms with van der Waals surface area (Å²) in [5.74, 6) is 0. The van der Waals surface area contributed by atoms with E-state index in [1.807, 2.05) is 0 Å². The van der Waals surface area contributed by atoms with Gasteiger partial charge in [-0.25, -0.2) is 0 Å². The highest BCUT2D eigenvalue weighted by atomic mass is 15.2. The first-order valence-corrected chi connectivity index (χ1v) is 33.8. The SMILES string of the molecule is Cc1cc(-c2ccc(N(c3ccc(-c4cccc(-c5ccccc5)c4)cc3)c3c(C)cccc3-c3ccc4c(c3)C(C)(C)c3ccccc3-4)c(C)c2)ccc1N(c1ccc(-c2cccc(-c3ccccc3)c2)cc1)c1c(C)cccc1-c1ccc2c(c1)C(C)(C)c1ccccc1-2. The molecule has 96 heavy (non-hydrogen) atoms. The van der Waals surface area contributed by atoms with E-state index in [9.17, 15) is 0 Å². The van der Waals surface area contributed by atoms with Crippen LogP contribution in [-0.2, 0) is 10.8 Å². The van der Waals surface area contributed by atoms with Crippen LogP contribution in [0.1, 0.15) is 72.2 Å². The topological polar surface area (TPSA) is 6.48 Å². The fourth-order valence-corrected chi connectivity index (χ4v) is 15.7. The third kappa shape index (κ3) is 10.4. The second-order valence-electron chi connectivity index (χ2n) is 27.5. The zero-order valence-corrected chi connectivity index (χ0v) is 55.9. The molecule has 2 aliphatic carbocycles. The van der Waals surface area contributed by atoms with Crippen molar-refractivity contribution >= 4 is 34.1 Å². The predicted octanol–water partition coefficient (Wildman–Crippen LogP) is 26.1. The first-order chi connectivity index (χ1) is 46.8. The van der Waals surface area contributed by atoms with Crippen molar-refractivity contribution in [3.63, 3.8) is 0 Å². The Morgan fingerprint density at radius 3 is 0.875 bits per heavy atom. The third-order valence-electron chi connectivity index (χ3n) is 20.8. The average Bonchev–Trinajstić information content (AvgIpc) is 1.41. The molecule has 14 aromatic rings. The van der Waals surface area contributed by atoms with Crippen LogP contribution in [0, 0.1) is 27.7 Å². The van der Waals surface area contributed by atoms with Crippen molar-refractivity contribution in [2.45, 2.75) is 66.2 Å². The summed E-state index contributed by atoms with van der Waals surface area (Å²) >= 11 is 0. The summed E-state index contributed by atoms with van der Waals surface area (Å²) in [6.45, 7) is 18.6. The standard InChI is InChI=1S/C94H76N2/c1-61-23-19-35-79(75-43-51-83-81-33-15-17-37-85(81)93(5,6)87(83)59-75)91(61)95(77-47-39-67(40-48-77)71-31-21-29-69(57-71)65-25-11-9-12-26-65)89-53-45-73(55-63(89)3)74-46-54-90(64(4)56-74)96(78-49-41-68(42-50-78)72-32-22-30-70(58-72)66-27-13-10-14-28-66)92-62(2)24-20-36-80(92)76-44-52-84-82-34-16-18-38-86(82)94(7,8)88(84)60-76/h9-60H,1-8H3. The molecule has 14 aromatic carbocycles. The molecule has 0 saturated carbocycles. The predicted molar refractivity (Wildman–Crippen MR) is 408 cm³/mol. The van der Waals surface area contributed by atoms with Gasteiger partial charge in [0.25, 0.3) is 0 Å².